The van der Waals surface area contributed by atoms with Gasteiger partial charge in [-0.1, -0.05) is 30.3 Å². The second-order valence-electron chi connectivity index (χ2n) is 4.62. The number of nitriles is 1. The normalized spacial score (nSPS) is 14.4. The summed E-state index contributed by atoms with van der Waals surface area (Å²) in [7, 11) is -2.71. The van der Waals surface area contributed by atoms with E-state index in [1.54, 1.807) is 25.1 Å². The Labute approximate surface area is 124 Å². The molecule has 7 nitrogen and oxygen atoms in total. The van der Waals surface area contributed by atoms with Gasteiger partial charge >= 0.3 is 5.97 Å². The number of benzene rings is 1. The maximum Gasteiger partial charge on any atom is 0.326 e. The van der Waals surface area contributed by atoms with Crippen LogP contribution in [0.1, 0.15) is 18.5 Å². The molecule has 0 heterocycles. The molecule has 0 spiro atoms. The Hall–Kier alpha value is -1.95. The molecular weight excluding hydrogens is 294 g/mol. The highest BCUT2D eigenvalue weighted by molar-refractivity contribution is 7.87. The van der Waals surface area contributed by atoms with E-state index in [2.05, 4.69) is 4.72 Å². The quantitative estimate of drug-likeness (QED) is 0.771. The number of carbonyl (C=O) groups is 1. The first kappa shape index (κ1) is 17.1. The van der Waals surface area contributed by atoms with Gasteiger partial charge in [0.2, 0.25) is 0 Å². The molecule has 0 aliphatic carbocycles. The minimum absolute atomic E-state index is 0.0209. The van der Waals surface area contributed by atoms with Gasteiger partial charge in [-0.15, -0.1) is 0 Å². The second kappa shape index (κ2) is 7.17. The molecule has 0 saturated carbocycles. The fraction of sp³-hybridized carbons (Fsp3) is 0.385. The van der Waals surface area contributed by atoms with E-state index in [9.17, 15) is 18.3 Å². The van der Waals surface area contributed by atoms with Gasteiger partial charge < -0.3 is 5.11 Å². The molecule has 1 aromatic rings. The van der Waals surface area contributed by atoms with Gasteiger partial charge in [0.1, 0.15) is 6.04 Å². The summed E-state index contributed by atoms with van der Waals surface area (Å²) in [5.41, 5.74) is 0.329. The standard InChI is InChI=1S/C13H17N3O4S/c1-10(8-14)9-16(2)21(19,20)15-12(13(17)18)11-6-4-3-5-7-11/h3-7,10,12,15H,9H2,1-2H3,(H,17,18)/t10?,12-/m1/s1. The number of aliphatic carboxylic acids is 1. The molecule has 0 fully saturated rings. The summed E-state index contributed by atoms with van der Waals surface area (Å²) < 4.78 is 27.3. The highest BCUT2D eigenvalue weighted by Crippen LogP contribution is 2.15. The Balaban J connectivity index is 2.94. The van der Waals surface area contributed by atoms with Crippen molar-refractivity contribution in [1.29, 1.82) is 5.26 Å². The number of carboxylic acids is 1. The van der Waals surface area contributed by atoms with Crippen LogP contribution < -0.4 is 4.72 Å². The summed E-state index contributed by atoms with van der Waals surface area (Å²) >= 11 is 0. The molecule has 0 radical (unpaired) electrons. The van der Waals surface area contributed by atoms with Crippen LogP contribution in [0.2, 0.25) is 0 Å². The number of hydrogen-bond donors (Lipinski definition) is 2. The van der Waals surface area contributed by atoms with Crippen molar-refractivity contribution in [2.45, 2.75) is 13.0 Å². The Morgan fingerprint density at radius 2 is 2.00 bits per heavy atom. The van der Waals surface area contributed by atoms with Crippen LogP contribution in [-0.2, 0) is 15.0 Å². The van der Waals surface area contributed by atoms with E-state index in [4.69, 9.17) is 5.26 Å². The molecule has 2 atom stereocenters. The minimum atomic E-state index is -4.01. The van der Waals surface area contributed by atoms with Crippen molar-refractivity contribution >= 4 is 16.2 Å². The Morgan fingerprint density at radius 3 is 2.48 bits per heavy atom. The Morgan fingerprint density at radius 1 is 1.43 bits per heavy atom. The highest BCUT2D eigenvalue weighted by Gasteiger charge is 2.28. The van der Waals surface area contributed by atoms with Crippen molar-refractivity contribution in [1.82, 2.24) is 9.03 Å². The van der Waals surface area contributed by atoms with E-state index in [0.717, 1.165) is 4.31 Å². The summed E-state index contributed by atoms with van der Waals surface area (Å²) in [4.78, 5) is 11.3. The zero-order valence-electron chi connectivity index (χ0n) is 11.7. The summed E-state index contributed by atoms with van der Waals surface area (Å²) in [5, 5.41) is 17.9. The monoisotopic (exact) mass is 311 g/mol. The molecule has 0 amide bonds. The summed E-state index contributed by atoms with van der Waals surface area (Å²) in [6.45, 7) is 1.56. The third-order valence-electron chi connectivity index (χ3n) is 2.81. The zero-order chi connectivity index (χ0) is 16.0. The third-order valence-corrected chi connectivity index (χ3v) is 4.31. The van der Waals surface area contributed by atoms with E-state index in [0.29, 0.717) is 5.56 Å². The lowest BCUT2D eigenvalue weighted by Gasteiger charge is -2.22. The first-order valence-electron chi connectivity index (χ1n) is 6.19. The largest absolute Gasteiger partial charge is 0.480 e. The number of carboxylic acid groups (broad SMARTS) is 1. The number of nitrogens with zero attached hydrogens (tertiary/aromatic N) is 2. The van der Waals surface area contributed by atoms with Crippen LogP contribution in [0, 0.1) is 17.2 Å². The number of nitrogens with one attached hydrogen (secondary N) is 1. The van der Waals surface area contributed by atoms with Crippen LogP contribution >= 0.6 is 0 Å². The first-order valence-corrected chi connectivity index (χ1v) is 7.63. The van der Waals surface area contributed by atoms with Crippen molar-refractivity contribution < 1.29 is 18.3 Å². The minimum Gasteiger partial charge on any atom is -0.480 e. The number of hydrogen-bond acceptors (Lipinski definition) is 4. The van der Waals surface area contributed by atoms with Crippen LogP contribution in [-0.4, -0.2) is 37.4 Å². The van der Waals surface area contributed by atoms with E-state index in [1.807, 2.05) is 6.07 Å². The van der Waals surface area contributed by atoms with E-state index < -0.39 is 28.1 Å². The summed E-state index contributed by atoms with van der Waals surface area (Å²) in [5.74, 6) is -1.79. The maximum absolute atomic E-state index is 12.1. The zero-order valence-corrected chi connectivity index (χ0v) is 12.5. The van der Waals surface area contributed by atoms with Gasteiger partial charge in [-0.3, -0.25) is 4.79 Å². The van der Waals surface area contributed by atoms with Crippen LogP contribution in [0.4, 0.5) is 0 Å². The van der Waals surface area contributed by atoms with Gasteiger partial charge in [0.05, 0.1) is 12.0 Å². The van der Waals surface area contributed by atoms with Gasteiger partial charge in [0.25, 0.3) is 10.2 Å². The van der Waals surface area contributed by atoms with Crippen LogP contribution in [0.5, 0.6) is 0 Å². The van der Waals surface area contributed by atoms with E-state index in [1.165, 1.54) is 19.2 Å². The van der Waals surface area contributed by atoms with Gasteiger partial charge in [-0.05, 0) is 12.5 Å². The van der Waals surface area contributed by atoms with Gasteiger partial charge in [0, 0.05) is 13.6 Å². The smallest absolute Gasteiger partial charge is 0.326 e. The predicted molar refractivity (Wildman–Crippen MR) is 76.3 cm³/mol. The topological polar surface area (TPSA) is 111 Å². The Bertz CT molecular complexity index is 625. The van der Waals surface area contributed by atoms with Crippen molar-refractivity contribution in [3.8, 4) is 6.07 Å². The van der Waals surface area contributed by atoms with Crippen molar-refractivity contribution in [3.63, 3.8) is 0 Å². The molecule has 8 heteroatoms. The Kier molecular flexibility index (Phi) is 5.84. The van der Waals surface area contributed by atoms with Gasteiger partial charge in [-0.25, -0.2) is 0 Å². The van der Waals surface area contributed by atoms with E-state index >= 15 is 0 Å². The molecule has 0 aliphatic heterocycles. The first-order chi connectivity index (χ1) is 9.77. The molecule has 2 N–H and O–H groups in total. The van der Waals surface area contributed by atoms with Gasteiger partial charge in [-0.2, -0.15) is 22.7 Å². The highest BCUT2D eigenvalue weighted by atomic mass is 32.2. The lowest BCUT2D eigenvalue weighted by Crippen LogP contribution is -2.43. The molecule has 21 heavy (non-hydrogen) atoms. The molecule has 0 saturated heterocycles. The molecule has 0 aliphatic rings. The molecule has 1 rings (SSSR count). The van der Waals surface area contributed by atoms with Crippen molar-refractivity contribution in [2.75, 3.05) is 13.6 Å². The molecule has 1 aromatic carbocycles. The lowest BCUT2D eigenvalue weighted by molar-refractivity contribution is -0.139. The van der Waals surface area contributed by atoms with Crippen molar-refractivity contribution in [3.05, 3.63) is 35.9 Å². The van der Waals surface area contributed by atoms with E-state index in [-0.39, 0.29) is 6.54 Å². The molecule has 0 aromatic heterocycles. The average molecular weight is 311 g/mol. The van der Waals surface area contributed by atoms with Crippen LogP contribution in [0.15, 0.2) is 30.3 Å². The third kappa shape index (κ3) is 4.82. The second-order valence-corrected chi connectivity index (χ2v) is 6.42. The average Bonchev–Trinajstić information content (AvgIpc) is 2.45. The van der Waals surface area contributed by atoms with Crippen LogP contribution in [0.3, 0.4) is 0 Å². The lowest BCUT2D eigenvalue weighted by atomic mass is 10.1. The summed E-state index contributed by atoms with van der Waals surface area (Å²) in [6.07, 6.45) is 0. The van der Waals surface area contributed by atoms with Crippen molar-refractivity contribution in [2.24, 2.45) is 5.92 Å². The number of rotatable bonds is 7. The van der Waals surface area contributed by atoms with Crippen LogP contribution in [0.25, 0.3) is 0 Å². The maximum atomic E-state index is 12.1. The predicted octanol–water partition coefficient (Wildman–Crippen LogP) is 0.738. The van der Waals surface area contributed by atoms with Gasteiger partial charge in [0.15, 0.2) is 0 Å². The fourth-order valence-electron chi connectivity index (χ4n) is 1.67. The summed E-state index contributed by atoms with van der Waals surface area (Å²) in [6, 6.07) is 8.56. The fourth-order valence-corrected chi connectivity index (χ4v) is 2.80. The molecular formula is C13H17N3O4S. The SMILES string of the molecule is CC(C#N)CN(C)S(=O)(=O)N[C@@H](C(=O)O)c1ccccc1. The molecule has 0 bridgehead atoms. The molecule has 114 valence electrons. The molecule has 1 unspecified atom stereocenters.